The van der Waals surface area contributed by atoms with Crippen LogP contribution in [0.2, 0.25) is 0 Å². The highest BCUT2D eigenvalue weighted by Gasteiger charge is 2.32. The van der Waals surface area contributed by atoms with Crippen LogP contribution in [0.5, 0.6) is 0 Å². The van der Waals surface area contributed by atoms with Crippen molar-refractivity contribution in [1.29, 1.82) is 0 Å². The molecular weight excluding hydrogens is 328 g/mol. The van der Waals surface area contributed by atoms with Crippen molar-refractivity contribution in [2.75, 3.05) is 6.61 Å². The Hall–Kier alpha value is -3.12. The lowest BCUT2D eigenvalue weighted by atomic mass is 9.96. The van der Waals surface area contributed by atoms with Crippen molar-refractivity contribution in [3.63, 3.8) is 0 Å². The lowest BCUT2D eigenvalue weighted by molar-refractivity contribution is 0.0541. The Morgan fingerprint density at radius 1 is 1.23 bits per heavy atom. The lowest BCUT2D eigenvalue weighted by Crippen LogP contribution is -2.46. The number of fused-ring (bicyclic) bond motifs is 4. The SMILES string of the molecule is O=C(c1ccc2nc[nH]c2c1)N1Cc2[nH]c3ccccc3c2CC1CO. The maximum Gasteiger partial charge on any atom is 0.254 e. The molecule has 0 aliphatic carbocycles. The summed E-state index contributed by atoms with van der Waals surface area (Å²) in [4.78, 5) is 25.5. The molecule has 1 aliphatic heterocycles. The number of imidazole rings is 1. The molecule has 1 amide bonds. The molecule has 6 nitrogen and oxygen atoms in total. The number of para-hydroxylation sites is 1. The second-order valence-electron chi connectivity index (χ2n) is 6.74. The van der Waals surface area contributed by atoms with E-state index in [9.17, 15) is 9.90 Å². The minimum Gasteiger partial charge on any atom is -0.394 e. The number of rotatable bonds is 2. The highest BCUT2D eigenvalue weighted by molar-refractivity contribution is 5.98. The maximum atomic E-state index is 13.1. The summed E-state index contributed by atoms with van der Waals surface area (Å²) < 4.78 is 0. The van der Waals surface area contributed by atoms with Crippen LogP contribution in [0.15, 0.2) is 48.8 Å². The highest BCUT2D eigenvalue weighted by Crippen LogP contribution is 2.31. The van der Waals surface area contributed by atoms with E-state index in [1.165, 1.54) is 10.9 Å². The Morgan fingerprint density at radius 2 is 2.12 bits per heavy atom. The van der Waals surface area contributed by atoms with Crippen LogP contribution in [0.3, 0.4) is 0 Å². The van der Waals surface area contributed by atoms with Gasteiger partial charge in [-0.3, -0.25) is 4.79 Å². The number of H-pyrrole nitrogens is 2. The van der Waals surface area contributed by atoms with Gasteiger partial charge in [0.05, 0.1) is 36.6 Å². The maximum absolute atomic E-state index is 13.1. The van der Waals surface area contributed by atoms with Gasteiger partial charge in [-0.2, -0.15) is 0 Å². The number of aliphatic hydroxyl groups excluding tert-OH is 1. The first-order valence-electron chi connectivity index (χ1n) is 8.68. The molecule has 0 saturated carbocycles. The minimum absolute atomic E-state index is 0.0585. The molecule has 0 bridgehead atoms. The van der Waals surface area contributed by atoms with E-state index in [4.69, 9.17) is 0 Å². The monoisotopic (exact) mass is 346 g/mol. The zero-order chi connectivity index (χ0) is 17.7. The van der Waals surface area contributed by atoms with Gasteiger partial charge in [-0.1, -0.05) is 18.2 Å². The Bertz CT molecular complexity index is 1130. The summed E-state index contributed by atoms with van der Waals surface area (Å²) in [6.45, 7) is 0.409. The standard InChI is InChI=1S/C20H18N4O2/c25-10-13-8-15-14-3-1-2-4-16(14)23-19(15)9-24(13)20(26)12-5-6-17-18(7-12)22-11-21-17/h1-7,11,13,23,25H,8-10H2,(H,21,22). The van der Waals surface area contributed by atoms with E-state index in [2.05, 4.69) is 21.0 Å². The van der Waals surface area contributed by atoms with Gasteiger partial charge in [-0.25, -0.2) is 4.98 Å². The van der Waals surface area contributed by atoms with Crippen LogP contribution < -0.4 is 0 Å². The summed E-state index contributed by atoms with van der Waals surface area (Å²) in [5, 5.41) is 11.1. The molecule has 0 saturated heterocycles. The summed E-state index contributed by atoms with van der Waals surface area (Å²) in [7, 11) is 0. The first-order chi connectivity index (χ1) is 12.7. The molecule has 0 spiro atoms. The second kappa shape index (κ2) is 5.71. The van der Waals surface area contributed by atoms with E-state index in [1.807, 2.05) is 30.3 Å². The normalized spacial score (nSPS) is 17.0. The van der Waals surface area contributed by atoms with Crippen LogP contribution in [0, 0.1) is 0 Å². The predicted molar refractivity (Wildman–Crippen MR) is 98.8 cm³/mol. The van der Waals surface area contributed by atoms with Gasteiger partial charge in [0.1, 0.15) is 0 Å². The molecular formula is C20H18N4O2. The van der Waals surface area contributed by atoms with E-state index < -0.39 is 0 Å². The van der Waals surface area contributed by atoms with Crippen LogP contribution in [-0.2, 0) is 13.0 Å². The molecule has 0 radical (unpaired) electrons. The third-order valence-electron chi connectivity index (χ3n) is 5.25. The van der Waals surface area contributed by atoms with Crippen molar-refractivity contribution in [3.8, 4) is 0 Å². The molecule has 6 heteroatoms. The number of nitrogens with one attached hydrogen (secondary N) is 2. The quantitative estimate of drug-likeness (QED) is 0.521. The zero-order valence-corrected chi connectivity index (χ0v) is 14.1. The third kappa shape index (κ3) is 2.23. The Morgan fingerprint density at radius 3 is 3.00 bits per heavy atom. The van der Waals surface area contributed by atoms with E-state index >= 15 is 0 Å². The van der Waals surface area contributed by atoms with Crippen LogP contribution in [-0.4, -0.2) is 43.5 Å². The zero-order valence-electron chi connectivity index (χ0n) is 14.1. The number of hydrogen-bond donors (Lipinski definition) is 3. The van der Waals surface area contributed by atoms with Crippen molar-refractivity contribution >= 4 is 27.8 Å². The van der Waals surface area contributed by atoms with Gasteiger partial charge in [-0.05, 0) is 36.2 Å². The molecule has 130 valence electrons. The average molecular weight is 346 g/mol. The molecule has 3 heterocycles. The number of benzene rings is 2. The van der Waals surface area contributed by atoms with Crippen molar-refractivity contribution in [2.24, 2.45) is 0 Å². The lowest BCUT2D eigenvalue weighted by Gasteiger charge is -2.34. The summed E-state index contributed by atoms with van der Waals surface area (Å²) >= 11 is 0. The topological polar surface area (TPSA) is 85.0 Å². The van der Waals surface area contributed by atoms with Crippen molar-refractivity contribution in [1.82, 2.24) is 19.9 Å². The van der Waals surface area contributed by atoms with E-state index in [0.717, 1.165) is 22.2 Å². The summed E-state index contributed by atoms with van der Waals surface area (Å²) in [5.74, 6) is -0.0788. The largest absolute Gasteiger partial charge is 0.394 e. The van der Waals surface area contributed by atoms with Gasteiger partial charge in [0, 0.05) is 22.2 Å². The molecule has 1 unspecified atom stereocenters. The number of amides is 1. The van der Waals surface area contributed by atoms with E-state index in [0.29, 0.717) is 18.5 Å². The van der Waals surface area contributed by atoms with Crippen molar-refractivity contribution < 1.29 is 9.90 Å². The predicted octanol–water partition coefficient (Wildman–Crippen LogP) is 2.60. The van der Waals surface area contributed by atoms with Gasteiger partial charge in [0.15, 0.2) is 0 Å². The fraction of sp³-hybridized carbons (Fsp3) is 0.200. The molecule has 1 atom stereocenters. The second-order valence-corrected chi connectivity index (χ2v) is 6.74. The number of aromatic amines is 2. The molecule has 26 heavy (non-hydrogen) atoms. The molecule has 4 aromatic rings. The Labute approximate surface area is 149 Å². The number of hydrogen-bond acceptors (Lipinski definition) is 3. The number of carbonyl (C=O) groups excluding carboxylic acids is 1. The summed E-state index contributed by atoms with van der Waals surface area (Å²) in [5.41, 5.74) is 5.58. The van der Waals surface area contributed by atoms with Gasteiger partial charge in [0.2, 0.25) is 0 Å². The van der Waals surface area contributed by atoms with E-state index in [1.54, 1.807) is 17.3 Å². The fourth-order valence-corrected chi connectivity index (χ4v) is 3.90. The Balaban J connectivity index is 1.54. The van der Waals surface area contributed by atoms with Crippen molar-refractivity contribution in [2.45, 2.75) is 19.0 Å². The fourth-order valence-electron chi connectivity index (χ4n) is 3.90. The van der Waals surface area contributed by atoms with Gasteiger partial charge < -0.3 is 20.0 Å². The number of carbonyl (C=O) groups is 1. The van der Waals surface area contributed by atoms with Crippen LogP contribution >= 0.6 is 0 Å². The molecule has 3 N–H and O–H groups in total. The molecule has 2 aromatic heterocycles. The van der Waals surface area contributed by atoms with Crippen LogP contribution in [0.25, 0.3) is 21.9 Å². The van der Waals surface area contributed by atoms with Crippen LogP contribution in [0.4, 0.5) is 0 Å². The number of aromatic nitrogens is 3. The average Bonchev–Trinajstić information content (AvgIpc) is 3.29. The smallest absolute Gasteiger partial charge is 0.254 e. The summed E-state index contributed by atoms with van der Waals surface area (Å²) in [6, 6.07) is 13.4. The molecule has 0 fully saturated rings. The van der Waals surface area contributed by atoms with Gasteiger partial charge >= 0.3 is 0 Å². The highest BCUT2D eigenvalue weighted by atomic mass is 16.3. The minimum atomic E-state index is -0.230. The molecule has 2 aromatic carbocycles. The Kier molecular flexibility index (Phi) is 3.33. The number of aliphatic hydroxyl groups is 1. The van der Waals surface area contributed by atoms with Crippen LogP contribution in [0.1, 0.15) is 21.6 Å². The van der Waals surface area contributed by atoms with Gasteiger partial charge in [0.25, 0.3) is 5.91 Å². The molecule has 1 aliphatic rings. The molecule has 5 rings (SSSR count). The number of nitrogens with zero attached hydrogens (tertiary/aromatic N) is 2. The third-order valence-corrected chi connectivity index (χ3v) is 5.25. The van der Waals surface area contributed by atoms with E-state index in [-0.39, 0.29) is 18.6 Å². The van der Waals surface area contributed by atoms with Crippen molar-refractivity contribution in [3.05, 3.63) is 65.6 Å². The first kappa shape index (κ1) is 15.2. The first-order valence-corrected chi connectivity index (χ1v) is 8.68. The summed E-state index contributed by atoms with van der Waals surface area (Å²) in [6.07, 6.45) is 2.26. The van der Waals surface area contributed by atoms with Gasteiger partial charge in [-0.15, -0.1) is 0 Å².